The van der Waals surface area contributed by atoms with Crippen LogP contribution in [0.5, 0.6) is 0 Å². The smallest absolute Gasteiger partial charge is 0.282 e. The van der Waals surface area contributed by atoms with Crippen LogP contribution in [-0.2, 0) is 0 Å². The molecule has 1 aromatic carbocycles. The molecule has 3 rings (SSSR count). The van der Waals surface area contributed by atoms with Crippen molar-refractivity contribution < 1.29 is 9.72 Å². The number of hydrogen-bond donors (Lipinski definition) is 1. The van der Waals surface area contributed by atoms with E-state index in [9.17, 15) is 14.9 Å². The first-order valence-corrected chi connectivity index (χ1v) is 7.64. The van der Waals surface area contributed by atoms with E-state index in [0.717, 1.165) is 32.6 Å². The van der Waals surface area contributed by atoms with Crippen LogP contribution < -0.4 is 5.32 Å². The summed E-state index contributed by atoms with van der Waals surface area (Å²) in [5.74, 6) is -0.232. The summed E-state index contributed by atoms with van der Waals surface area (Å²) in [5, 5.41) is 14.4. The first kappa shape index (κ1) is 14.9. The molecule has 2 fully saturated rings. The second kappa shape index (κ2) is 6.41. The van der Waals surface area contributed by atoms with Crippen molar-refractivity contribution in [3.8, 4) is 0 Å². The molecule has 1 aromatic rings. The third-order valence-electron chi connectivity index (χ3n) is 4.45. The predicted octanol–water partition coefficient (Wildman–Crippen LogP) is 0.714. The summed E-state index contributed by atoms with van der Waals surface area (Å²) in [6.45, 7) is 5.28. The number of benzene rings is 1. The second-order valence-electron chi connectivity index (χ2n) is 5.75. The molecule has 0 aliphatic carbocycles. The van der Waals surface area contributed by atoms with Crippen molar-refractivity contribution >= 4 is 11.6 Å². The van der Waals surface area contributed by atoms with E-state index in [1.807, 2.05) is 0 Å². The molecule has 1 unspecified atom stereocenters. The lowest BCUT2D eigenvalue weighted by atomic mass is 10.1. The standard InChI is InChI=1S/C15H20N4O3/c20-15(13-3-1-2-4-14(13)19(21)22)18-8-5-12(11-18)17-9-6-16-7-10-17/h1-4,12,16H,5-11H2. The summed E-state index contributed by atoms with van der Waals surface area (Å²) in [4.78, 5) is 27.3. The van der Waals surface area contributed by atoms with Gasteiger partial charge in [0.15, 0.2) is 0 Å². The number of para-hydroxylation sites is 1. The van der Waals surface area contributed by atoms with Crippen LogP contribution in [0.15, 0.2) is 24.3 Å². The number of nitrogens with zero attached hydrogens (tertiary/aromatic N) is 3. The molecule has 7 heteroatoms. The Hall–Kier alpha value is -1.99. The highest BCUT2D eigenvalue weighted by Crippen LogP contribution is 2.23. The third kappa shape index (κ3) is 2.95. The first-order chi connectivity index (χ1) is 10.7. The Labute approximate surface area is 129 Å². The van der Waals surface area contributed by atoms with Crippen LogP contribution in [0.2, 0.25) is 0 Å². The highest BCUT2D eigenvalue weighted by atomic mass is 16.6. The van der Waals surface area contributed by atoms with Gasteiger partial charge in [-0.1, -0.05) is 12.1 Å². The molecule has 7 nitrogen and oxygen atoms in total. The zero-order chi connectivity index (χ0) is 15.5. The monoisotopic (exact) mass is 304 g/mol. The molecule has 0 bridgehead atoms. The zero-order valence-corrected chi connectivity index (χ0v) is 12.4. The van der Waals surface area contributed by atoms with Gasteiger partial charge in [0.05, 0.1) is 4.92 Å². The fourth-order valence-corrected chi connectivity index (χ4v) is 3.26. The van der Waals surface area contributed by atoms with Crippen molar-refractivity contribution in [2.45, 2.75) is 12.5 Å². The Morgan fingerprint density at radius 1 is 1.23 bits per heavy atom. The van der Waals surface area contributed by atoms with Gasteiger partial charge in [-0.2, -0.15) is 0 Å². The van der Waals surface area contributed by atoms with Crippen LogP contribution in [-0.4, -0.2) is 65.9 Å². The normalized spacial score (nSPS) is 22.7. The summed E-state index contributed by atoms with van der Waals surface area (Å²) in [7, 11) is 0. The topological polar surface area (TPSA) is 78.7 Å². The number of carbonyl (C=O) groups is 1. The lowest BCUT2D eigenvalue weighted by Gasteiger charge is -2.32. The van der Waals surface area contributed by atoms with Gasteiger partial charge < -0.3 is 10.2 Å². The van der Waals surface area contributed by atoms with Crippen LogP contribution in [0.25, 0.3) is 0 Å². The lowest BCUT2D eigenvalue weighted by Crippen LogP contribution is -2.49. The van der Waals surface area contributed by atoms with Gasteiger partial charge in [-0.05, 0) is 12.5 Å². The van der Waals surface area contributed by atoms with E-state index in [0.29, 0.717) is 19.1 Å². The molecule has 1 amide bonds. The van der Waals surface area contributed by atoms with E-state index in [4.69, 9.17) is 0 Å². The van der Waals surface area contributed by atoms with Gasteiger partial charge in [0.2, 0.25) is 0 Å². The second-order valence-corrected chi connectivity index (χ2v) is 5.75. The van der Waals surface area contributed by atoms with Gasteiger partial charge in [0.25, 0.3) is 11.6 Å². The summed E-state index contributed by atoms with van der Waals surface area (Å²) >= 11 is 0. The minimum absolute atomic E-state index is 0.113. The van der Waals surface area contributed by atoms with Gasteiger partial charge in [0.1, 0.15) is 5.56 Å². The van der Waals surface area contributed by atoms with Crippen LogP contribution >= 0.6 is 0 Å². The van der Waals surface area contributed by atoms with E-state index < -0.39 is 4.92 Å². The number of rotatable bonds is 3. The van der Waals surface area contributed by atoms with Crippen molar-refractivity contribution in [1.82, 2.24) is 15.1 Å². The van der Waals surface area contributed by atoms with E-state index in [1.54, 1.807) is 23.1 Å². The zero-order valence-electron chi connectivity index (χ0n) is 12.4. The largest absolute Gasteiger partial charge is 0.337 e. The van der Waals surface area contributed by atoms with Gasteiger partial charge >= 0.3 is 0 Å². The number of amides is 1. The van der Waals surface area contributed by atoms with Crippen LogP contribution in [0.1, 0.15) is 16.8 Å². The Morgan fingerprint density at radius 3 is 2.68 bits per heavy atom. The molecule has 118 valence electrons. The first-order valence-electron chi connectivity index (χ1n) is 7.64. The Balaban J connectivity index is 1.70. The number of hydrogen-bond acceptors (Lipinski definition) is 5. The number of nitro benzene ring substituents is 1. The molecule has 1 N–H and O–H groups in total. The predicted molar refractivity (Wildman–Crippen MR) is 81.8 cm³/mol. The molecular weight excluding hydrogens is 284 g/mol. The molecule has 1 atom stereocenters. The SMILES string of the molecule is O=C(c1ccccc1[N+](=O)[O-])N1CCC(N2CCNCC2)C1. The maximum atomic E-state index is 12.6. The van der Waals surface area contributed by atoms with E-state index in [2.05, 4.69) is 10.2 Å². The number of nitrogens with one attached hydrogen (secondary N) is 1. The van der Waals surface area contributed by atoms with Crippen molar-refractivity contribution in [3.63, 3.8) is 0 Å². The van der Waals surface area contributed by atoms with E-state index in [1.165, 1.54) is 6.07 Å². The third-order valence-corrected chi connectivity index (χ3v) is 4.45. The molecule has 0 saturated carbocycles. The van der Waals surface area contributed by atoms with Gasteiger partial charge in [-0.15, -0.1) is 0 Å². The highest BCUT2D eigenvalue weighted by Gasteiger charge is 2.33. The summed E-state index contributed by atoms with van der Waals surface area (Å²) in [5.41, 5.74) is 0.0755. The van der Waals surface area contributed by atoms with Crippen molar-refractivity contribution in [1.29, 1.82) is 0 Å². The average Bonchev–Trinajstić information content (AvgIpc) is 3.05. The fraction of sp³-hybridized carbons (Fsp3) is 0.533. The number of piperazine rings is 1. The molecule has 0 radical (unpaired) electrons. The molecule has 0 aromatic heterocycles. The van der Waals surface area contributed by atoms with Gasteiger partial charge in [0, 0.05) is 51.4 Å². The summed E-state index contributed by atoms with van der Waals surface area (Å²) in [6, 6.07) is 6.55. The molecule has 2 saturated heterocycles. The Bertz CT molecular complexity index is 572. The Kier molecular flexibility index (Phi) is 4.35. The average molecular weight is 304 g/mol. The molecule has 2 aliphatic heterocycles. The van der Waals surface area contributed by atoms with Crippen LogP contribution in [0.3, 0.4) is 0 Å². The van der Waals surface area contributed by atoms with E-state index >= 15 is 0 Å². The van der Waals surface area contributed by atoms with Crippen molar-refractivity contribution in [2.75, 3.05) is 39.3 Å². The molecule has 22 heavy (non-hydrogen) atoms. The van der Waals surface area contributed by atoms with Gasteiger partial charge in [-0.25, -0.2) is 0 Å². The fourth-order valence-electron chi connectivity index (χ4n) is 3.26. The molecule has 0 spiro atoms. The quantitative estimate of drug-likeness (QED) is 0.657. The highest BCUT2D eigenvalue weighted by molar-refractivity contribution is 5.98. The summed E-state index contributed by atoms with van der Waals surface area (Å²) < 4.78 is 0. The lowest BCUT2D eigenvalue weighted by molar-refractivity contribution is -0.385. The van der Waals surface area contributed by atoms with Crippen LogP contribution in [0.4, 0.5) is 5.69 Å². The maximum Gasteiger partial charge on any atom is 0.282 e. The van der Waals surface area contributed by atoms with Crippen molar-refractivity contribution in [3.05, 3.63) is 39.9 Å². The number of likely N-dealkylation sites (tertiary alicyclic amines) is 1. The van der Waals surface area contributed by atoms with Crippen LogP contribution in [0, 0.1) is 10.1 Å². The minimum Gasteiger partial charge on any atom is -0.337 e. The molecule has 2 heterocycles. The maximum absolute atomic E-state index is 12.6. The van der Waals surface area contributed by atoms with E-state index in [-0.39, 0.29) is 17.2 Å². The van der Waals surface area contributed by atoms with Gasteiger partial charge in [-0.3, -0.25) is 19.8 Å². The molecule has 2 aliphatic rings. The minimum atomic E-state index is -0.489. The van der Waals surface area contributed by atoms with Crippen molar-refractivity contribution in [2.24, 2.45) is 0 Å². The number of carbonyl (C=O) groups excluding carboxylic acids is 1. The number of nitro groups is 1. The molecular formula is C15H20N4O3. The summed E-state index contributed by atoms with van der Waals surface area (Å²) in [6.07, 6.45) is 0.937. The Morgan fingerprint density at radius 2 is 1.95 bits per heavy atom.